The summed E-state index contributed by atoms with van der Waals surface area (Å²) in [6.45, 7) is -1.52. The molecule has 1 aliphatic heterocycles. The van der Waals surface area contributed by atoms with Crippen LogP contribution in [-0.2, 0) is 9.53 Å². The van der Waals surface area contributed by atoms with Crippen molar-refractivity contribution in [1.29, 1.82) is 0 Å². The van der Waals surface area contributed by atoms with Crippen LogP contribution in [0.15, 0.2) is 0 Å². The van der Waals surface area contributed by atoms with Crippen LogP contribution in [0.5, 0.6) is 0 Å². The number of carbonyl (C=O) groups is 1. The molecule has 0 aromatic heterocycles. The summed E-state index contributed by atoms with van der Waals surface area (Å²) < 4.78 is 4.38. The number of esters is 1. The number of rotatable bonds is 2. The van der Waals surface area contributed by atoms with Gasteiger partial charge in [-0.3, -0.25) is 0 Å². The second-order valence-electron chi connectivity index (χ2n) is 2.65. The highest BCUT2D eigenvalue weighted by Gasteiger charge is 2.55. The van der Waals surface area contributed by atoms with Crippen molar-refractivity contribution in [3.05, 3.63) is 0 Å². The summed E-state index contributed by atoms with van der Waals surface area (Å²) in [4.78, 5) is 10.8. The van der Waals surface area contributed by atoms with Crippen LogP contribution in [0.4, 0.5) is 0 Å². The van der Waals surface area contributed by atoms with Crippen LogP contribution >= 0.6 is 0 Å². The first-order chi connectivity index (χ1) is 5.56. The number of ether oxygens (including phenoxy) is 1. The molecule has 6 heteroatoms. The molecular formula is C6H10O6. The summed E-state index contributed by atoms with van der Waals surface area (Å²) >= 11 is 0. The average molecular weight is 178 g/mol. The van der Waals surface area contributed by atoms with Crippen molar-refractivity contribution in [3.8, 4) is 0 Å². The van der Waals surface area contributed by atoms with E-state index in [0.29, 0.717) is 0 Å². The number of aliphatic hydroxyl groups is 4. The largest absolute Gasteiger partial charge is 0.455 e. The third kappa shape index (κ3) is 1.09. The van der Waals surface area contributed by atoms with Gasteiger partial charge in [-0.15, -0.1) is 0 Å². The number of aliphatic hydroxyl groups excluding tert-OH is 3. The van der Waals surface area contributed by atoms with E-state index in [4.69, 9.17) is 15.3 Å². The first-order valence-electron chi connectivity index (χ1n) is 3.39. The van der Waals surface area contributed by atoms with Crippen LogP contribution in [0.3, 0.4) is 0 Å². The van der Waals surface area contributed by atoms with Gasteiger partial charge in [0.25, 0.3) is 0 Å². The first-order valence-corrected chi connectivity index (χ1v) is 3.39. The van der Waals surface area contributed by atoms with Crippen molar-refractivity contribution < 1.29 is 30.0 Å². The third-order valence-corrected chi connectivity index (χ3v) is 1.87. The van der Waals surface area contributed by atoms with Gasteiger partial charge in [0.05, 0.1) is 13.2 Å². The molecular weight excluding hydrogens is 168 g/mol. The maximum Gasteiger partial charge on any atom is 0.343 e. The van der Waals surface area contributed by atoms with Gasteiger partial charge < -0.3 is 25.2 Å². The van der Waals surface area contributed by atoms with Crippen LogP contribution in [0.1, 0.15) is 0 Å². The molecule has 70 valence electrons. The molecule has 0 radical (unpaired) electrons. The van der Waals surface area contributed by atoms with E-state index in [2.05, 4.69) is 4.74 Å². The smallest absolute Gasteiger partial charge is 0.343 e. The van der Waals surface area contributed by atoms with Crippen molar-refractivity contribution in [2.24, 2.45) is 0 Å². The monoisotopic (exact) mass is 178 g/mol. The molecule has 12 heavy (non-hydrogen) atoms. The minimum atomic E-state index is -2.28. The van der Waals surface area contributed by atoms with Gasteiger partial charge in [-0.2, -0.15) is 0 Å². The highest BCUT2D eigenvalue weighted by atomic mass is 16.6. The van der Waals surface area contributed by atoms with E-state index >= 15 is 0 Å². The SMILES string of the molecule is O=C1O[C@@H](CO)[C@H](O)[C@]1(O)CO. The summed E-state index contributed by atoms with van der Waals surface area (Å²) in [5.41, 5.74) is -2.28. The van der Waals surface area contributed by atoms with Crippen molar-refractivity contribution in [2.45, 2.75) is 17.8 Å². The Morgan fingerprint density at radius 2 is 2.08 bits per heavy atom. The maximum atomic E-state index is 10.8. The van der Waals surface area contributed by atoms with Gasteiger partial charge in [0.2, 0.25) is 5.60 Å². The Kier molecular flexibility index (Phi) is 2.34. The van der Waals surface area contributed by atoms with E-state index in [9.17, 15) is 9.90 Å². The lowest BCUT2D eigenvalue weighted by molar-refractivity contribution is -0.160. The Balaban J connectivity index is 2.83. The second-order valence-corrected chi connectivity index (χ2v) is 2.65. The van der Waals surface area contributed by atoms with E-state index in [1.807, 2.05) is 0 Å². The second kappa shape index (κ2) is 2.98. The van der Waals surface area contributed by atoms with Crippen molar-refractivity contribution in [2.75, 3.05) is 13.2 Å². The zero-order chi connectivity index (χ0) is 9.35. The van der Waals surface area contributed by atoms with Crippen molar-refractivity contribution in [1.82, 2.24) is 0 Å². The van der Waals surface area contributed by atoms with Crippen LogP contribution in [0.2, 0.25) is 0 Å². The van der Waals surface area contributed by atoms with Gasteiger partial charge in [-0.05, 0) is 0 Å². The molecule has 1 aliphatic rings. The number of carbonyl (C=O) groups excluding carboxylic acids is 1. The fraction of sp³-hybridized carbons (Fsp3) is 0.833. The van der Waals surface area contributed by atoms with E-state index in [1.54, 1.807) is 0 Å². The van der Waals surface area contributed by atoms with Gasteiger partial charge in [-0.1, -0.05) is 0 Å². The Labute approximate surface area is 68.0 Å². The number of cyclic esters (lactones) is 1. The standard InChI is InChI=1S/C6H10O6/c7-1-3-4(9)6(11,2-8)5(10)12-3/h3-4,7-9,11H,1-2H2/t3-,4-,6+/m0/s1. The fourth-order valence-electron chi connectivity index (χ4n) is 1.03. The first kappa shape index (κ1) is 9.40. The average Bonchev–Trinajstić information content (AvgIpc) is 2.30. The Bertz CT molecular complexity index is 192. The lowest BCUT2D eigenvalue weighted by Gasteiger charge is -2.19. The lowest BCUT2D eigenvalue weighted by atomic mass is 9.97. The van der Waals surface area contributed by atoms with Crippen LogP contribution in [0, 0.1) is 0 Å². The van der Waals surface area contributed by atoms with E-state index in [0.717, 1.165) is 0 Å². The van der Waals surface area contributed by atoms with Crippen molar-refractivity contribution >= 4 is 5.97 Å². The molecule has 1 heterocycles. The van der Waals surface area contributed by atoms with Gasteiger partial charge in [0, 0.05) is 0 Å². The third-order valence-electron chi connectivity index (χ3n) is 1.87. The highest BCUT2D eigenvalue weighted by Crippen LogP contribution is 2.25. The summed E-state index contributed by atoms with van der Waals surface area (Å²) in [6, 6.07) is 0. The molecule has 1 rings (SSSR count). The normalized spacial score (nSPS) is 41.5. The lowest BCUT2D eigenvalue weighted by Crippen LogP contribution is -2.49. The van der Waals surface area contributed by atoms with Crippen LogP contribution in [-0.4, -0.2) is 57.4 Å². The molecule has 0 unspecified atom stereocenters. The van der Waals surface area contributed by atoms with Crippen molar-refractivity contribution in [3.63, 3.8) is 0 Å². The van der Waals surface area contributed by atoms with Gasteiger partial charge >= 0.3 is 5.97 Å². The molecule has 0 saturated carbocycles. The van der Waals surface area contributed by atoms with Gasteiger partial charge in [0.1, 0.15) is 6.10 Å². The Morgan fingerprint density at radius 1 is 1.50 bits per heavy atom. The predicted octanol–water partition coefficient (Wildman–Crippen LogP) is -3.01. The highest BCUT2D eigenvalue weighted by molar-refractivity contribution is 5.83. The Morgan fingerprint density at radius 3 is 2.33 bits per heavy atom. The Hall–Kier alpha value is -0.690. The summed E-state index contributed by atoms with van der Waals surface area (Å²) in [5, 5.41) is 35.6. The molecule has 1 fully saturated rings. The van der Waals surface area contributed by atoms with Crippen LogP contribution < -0.4 is 0 Å². The van der Waals surface area contributed by atoms with E-state index < -0.39 is 37.0 Å². The van der Waals surface area contributed by atoms with Crippen LogP contribution in [0.25, 0.3) is 0 Å². The van der Waals surface area contributed by atoms with E-state index in [-0.39, 0.29) is 0 Å². The summed E-state index contributed by atoms with van der Waals surface area (Å²) in [7, 11) is 0. The molecule has 6 nitrogen and oxygen atoms in total. The van der Waals surface area contributed by atoms with E-state index in [1.165, 1.54) is 0 Å². The summed E-state index contributed by atoms with van der Waals surface area (Å²) in [6.07, 6.45) is -2.74. The molecule has 0 aliphatic carbocycles. The predicted molar refractivity (Wildman–Crippen MR) is 35.0 cm³/mol. The van der Waals surface area contributed by atoms with Gasteiger partial charge in [-0.25, -0.2) is 4.79 Å². The molecule has 4 N–H and O–H groups in total. The molecule has 0 bridgehead atoms. The summed E-state index contributed by atoms with van der Waals surface area (Å²) in [5.74, 6) is -1.11. The molecule has 0 amide bonds. The zero-order valence-electron chi connectivity index (χ0n) is 6.17. The molecule has 0 aromatic rings. The molecule has 0 aromatic carbocycles. The minimum absolute atomic E-state index is 0.588. The molecule has 3 atom stereocenters. The fourth-order valence-corrected chi connectivity index (χ4v) is 1.03. The molecule has 0 spiro atoms. The number of hydrogen-bond donors (Lipinski definition) is 4. The molecule has 1 saturated heterocycles. The zero-order valence-corrected chi connectivity index (χ0v) is 6.17. The maximum absolute atomic E-state index is 10.8. The van der Waals surface area contributed by atoms with Gasteiger partial charge in [0.15, 0.2) is 6.10 Å². The topological polar surface area (TPSA) is 107 Å². The number of hydrogen-bond acceptors (Lipinski definition) is 6. The quantitative estimate of drug-likeness (QED) is 0.335. The minimum Gasteiger partial charge on any atom is -0.455 e.